The van der Waals surface area contributed by atoms with Gasteiger partial charge < -0.3 is 21.8 Å². The molecular weight excluding hydrogens is 280 g/mol. The lowest BCUT2D eigenvalue weighted by molar-refractivity contribution is -0.000101. The molecule has 0 fully saturated rings. The Kier molecular flexibility index (Phi) is 9.45. The third kappa shape index (κ3) is 5.69. The van der Waals surface area contributed by atoms with Crippen LogP contribution in [0.5, 0.6) is 0 Å². The van der Waals surface area contributed by atoms with Gasteiger partial charge in [0.05, 0.1) is 0 Å². The van der Waals surface area contributed by atoms with Crippen molar-refractivity contribution in [3.8, 4) is 0 Å². The van der Waals surface area contributed by atoms with E-state index in [1.807, 2.05) is 27.7 Å². The van der Waals surface area contributed by atoms with E-state index in [2.05, 4.69) is 13.2 Å². The summed E-state index contributed by atoms with van der Waals surface area (Å²) in [5.74, 6) is 0. The van der Waals surface area contributed by atoms with Crippen LogP contribution in [0.25, 0.3) is 0 Å². The number of rotatable bonds is 12. The van der Waals surface area contributed by atoms with Crippen molar-refractivity contribution in [2.45, 2.75) is 27.7 Å². The first-order valence-electron chi connectivity index (χ1n) is 6.60. The summed E-state index contributed by atoms with van der Waals surface area (Å²) in [6.45, 7) is 16.9. The van der Waals surface area contributed by atoms with Gasteiger partial charge in [0.2, 0.25) is 0 Å². The first kappa shape index (κ1) is 18.7. The van der Waals surface area contributed by atoms with E-state index in [1.165, 1.54) is 0 Å². The Morgan fingerprint density at radius 1 is 0.737 bits per heavy atom. The molecule has 0 heterocycles. The van der Waals surface area contributed by atoms with E-state index in [-0.39, 0.29) is 0 Å². The Labute approximate surface area is 118 Å². The van der Waals surface area contributed by atoms with Crippen molar-refractivity contribution in [3.63, 3.8) is 0 Å². The fraction of sp³-hybridized carbons (Fsp3) is 0.667. The quantitative estimate of drug-likeness (QED) is 0.518. The van der Waals surface area contributed by atoms with Crippen LogP contribution in [0, 0.1) is 0 Å². The third-order valence-corrected chi connectivity index (χ3v) is 8.27. The molecule has 0 aromatic carbocycles. The number of hydrogen-bond acceptors (Lipinski definition) is 5. The lowest BCUT2D eigenvalue weighted by atomic mass is 10.9. The number of hydrogen-bond donors (Lipinski definition) is 0. The zero-order valence-electron chi connectivity index (χ0n) is 12.4. The lowest BCUT2D eigenvalue weighted by Gasteiger charge is -2.34. The molecule has 0 spiro atoms. The van der Waals surface area contributed by atoms with Crippen LogP contribution in [-0.2, 0) is 21.8 Å². The van der Waals surface area contributed by atoms with E-state index in [4.69, 9.17) is 21.8 Å². The van der Waals surface area contributed by atoms with Gasteiger partial charge >= 0.3 is 17.6 Å². The second-order valence-electron chi connectivity index (χ2n) is 3.46. The van der Waals surface area contributed by atoms with E-state index in [1.54, 1.807) is 11.4 Å². The van der Waals surface area contributed by atoms with Gasteiger partial charge in [0, 0.05) is 26.4 Å². The van der Waals surface area contributed by atoms with Crippen molar-refractivity contribution in [2.75, 3.05) is 26.4 Å². The molecule has 112 valence electrons. The van der Waals surface area contributed by atoms with Crippen molar-refractivity contribution >= 4 is 17.6 Å². The highest BCUT2D eigenvalue weighted by Crippen LogP contribution is 2.21. The van der Waals surface area contributed by atoms with Crippen molar-refractivity contribution in [1.82, 2.24) is 0 Å². The van der Waals surface area contributed by atoms with Crippen LogP contribution in [0.2, 0.25) is 0 Å². The first-order chi connectivity index (χ1) is 9.07. The average Bonchev–Trinajstić information content (AvgIpc) is 2.39. The normalized spacial score (nSPS) is 12.4. The van der Waals surface area contributed by atoms with Gasteiger partial charge in [0.25, 0.3) is 0 Å². The van der Waals surface area contributed by atoms with Crippen LogP contribution in [0.1, 0.15) is 27.7 Å². The van der Waals surface area contributed by atoms with Crippen molar-refractivity contribution in [3.05, 3.63) is 24.6 Å². The summed E-state index contributed by atoms with van der Waals surface area (Å²) in [6.07, 6.45) is 0. The Bertz CT molecular complexity index is 248. The van der Waals surface area contributed by atoms with Gasteiger partial charge in [-0.05, 0) is 39.1 Å². The van der Waals surface area contributed by atoms with Crippen LogP contribution in [0.4, 0.5) is 0 Å². The molecule has 0 aliphatic rings. The van der Waals surface area contributed by atoms with Crippen LogP contribution in [0.15, 0.2) is 24.6 Å². The maximum Gasteiger partial charge on any atom is 0.671 e. The first-order valence-corrected chi connectivity index (χ1v) is 10.2. The minimum Gasteiger partial charge on any atom is -0.389 e. The molecule has 0 atom stereocenters. The summed E-state index contributed by atoms with van der Waals surface area (Å²) < 4.78 is 28.7. The van der Waals surface area contributed by atoms with Gasteiger partial charge in [-0.15, -0.1) is 13.2 Å². The molecule has 0 aromatic rings. The van der Waals surface area contributed by atoms with Crippen molar-refractivity contribution in [1.29, 1.82) is 0 Å². The highest BCUT2D eigenvalue weighted by molar-refractivity contribution is 6.83. The van der Waals surface area contributed by atoms with Gasteiger partial charge in [0.15, 0.2) is 0 Å². The molecule has 0 radical (unpaired) electrons. The highest BCUT2D eigenvalue weighted by atomic mass is 28.5. The molecular formula is C12H26O5Si2. The highest BCUT2D eigenvalue weighted by Gasteiger charge is 2.52. The molecule has 7 heteroatoms. The largest absolute Gasteiger partial charge is 0.671 e. The molecule has 19 heavy (non-hydrogen) atoms. The van der Waals surface area contributed by atoms with Gasteiger partial charge in [-0.25, -0.2) is 0 Å². The summed E-state index contributed by atoms with van der Waals surface area (Å²) in [5.41, 5.74) is 3.31. The Morgan fingerprint density at radius 3 is 1.37 bits per heavy atom. The van der Waals surface area contributed by atoms with Crippen molar-refractivity contribution < 1.29 is 21.8 Å². The summed E-state index contributed by atoms with van der Waals surface area (Å²) in [6, 6.07) is 0. The Hall–Kier alpha value is -0.286. The maximum absolute atomic E-state index is 6.04. The molecule has 0 bridgehead atoms. The van der Waals surface area contributed by atoms with E-state index in [0.29, 0.717) is 26.4 Å². The standard InChI is InChI=1S/C12H26O5Si2/c1-7-13-18(11-5,12-6)17-19(14-8-2,15-9-3)16-10-4/h11-12H,5-10H2,1-4H3. The van der Waals surface area contributed by atoms with Crippen LogP contribution in [-0.4, -0.2) is 44.0 Å². The second kappa shape index (κ2) is 9.59. The fourth-order valence-electron chi connectivity index (χ4n) is 1.48. The topological polar surface area (TPSA) is 46.2 Å². The molecule has 0 aliphatic heterocycles. The molecule has 0 rings (SSSR count). The Balaban J connectivity index is 5.21. The summed E-state index contributed by atoms with van der Waals surface area (Å²) in [5, 5.41) is 0. The minimum absolute atomic E-state index is 0.442. The summed E-state index contributed by atoms with van der Waals surface area (Å²) >= 11 is 0. The third-order valence-electron chi connectivity index (χ3n) is 2.19. The molecule has 0 unspecified atom stereocenters. The van der Waals surface area contributed by atoms with Gasteiger partial charge in [-0.3, -0.25) is 0 Å². The zero-order chi connectivity index (χ0) is 14.8. The summed E-state index contributed by atoms with van der Waals surface area (Å²) in [4.78, 5) is 0. The fourth-order valence-corrected chi connectivity index (χ4v) is 6.82. The lowest BCUT2D eigenvalue weighted by Crippen LogP contribution is -2.58. The SMILES string of the molecule is C=C[Si](C=C)(OCC)O[Si](OCC)(OCC)OCC. The predicted octanol–water partition coefficient (Wildman–Crippen LogP) is 2.48. The Morgan fingerprint density at radius 2 is 1.11 bits per heavy atom. The van der Waals surface area contributed by atoms with Crippen LogP contribution < -0.4 is 0 Å². The van der Waals surface area contributed by atoms with Gasteiger partial charge in [-0.1, -0.05) is 0 Å². The van der Waals surface area contributed by atoms with E-state index in [0.717, 1.165) is 0 Å². The van der Waals surface area contributed by atoms with E-state index in [9.17, 15) is 0 Å². The van der Waals surface area contributed by atoms with E-state index >= 15 is 0 Å². The maximum atomic E-state index is 6.04. The second-order valence-corrected chi connectivity index (χ2v) is 8.69. The average molecular weight is 307 g/mol. The molecule has 0 aromatic heterocycles. The minimum atomic E-state index is -3.22. The predicted molar refractivity (Wildman–Crippen MR) is 79.5 cm³/mol. The monoisotopic (exact) mass is 306 g/mol. The van der Waals surface area contributed by atoms with Crippen LogP contribution >= 0.6 is 0 Å². The molecule has 0 saturated carbocycles. The van der Waals surface area contributed by atoms with Crippen LogP contribution in [0.3, 0.4) is 0 Å². The molecule has 5 nitrogen and oxygen atoms in total. The smallest absolute Gasteiger partial charge is 0.389 e. The molecule has 0 amide bonds. The van der Waals surface area contributed by atoms with E-state index < -0.39 is 17.6 Å². The molecule has 0 saturated heterocycles. The molecule has 0 aliphatic carbocycles. The van der Waals surface area contributed by atoms with Crippen molar-refractivity contribution in [2.24, 2.45) is 0 Å². The van der Waals surface area contributed by atoms with Gasteiger partial charge in [-0.2, -0.15) is 0 Å². The zero-order valence-corrected chi connectivity index (χ0v) is 14.4. The van der Waals surface area contributed by atoms with Gasteiger partial charge in [0.1, 0.15) is 0 Å². The summed E-state index contributed by atoms with van der Waals surface area (Å²) in [7, 11) is -5.99. The molecule has 0 N–H and O–H groups in total.